The minimum Gasteiger partial charge on any atom is -0.348 e. The average molecular weight is 369 g/mol. The number of halogens is 1. The van der Waals surface area contributed by atoms with E-state index in [0.717, 1.165) is 26.3 Å². The Hall–Kier alpha value is -2.67. The van der Waals surface area contributed by atoms with Gasteiger partial charge in [-0.2, -0.15) is 5.10 Å². The van der Waals surface area contributed by atoms with E-state index in [1.165, 1.54) is 12.1 Å². The van der Waals surface area contributed by atoms with Crippen molar-refractivity contribution in [3.05, 3.63) is 70.4 Å². The number of rotatable bonds is 3. The Morgan fingerprint density at radius 1 is 1.31 bits per heavy atom. The number of amides is 1. The zero-order chi connectivity index (χ0) is 18.1. The van der Waals surface area contributed by atoms with Crippen molar-refractivity contribution < 1.29 is 9.18 Å². The van der Waals surface area contributed by atoms with E-state index in [0.29, 0.717) is 11.8 Å². The Labute approximate surface area is 153 Å². The van der Waals surface area contributed by atoms with Gasteiger partial charge in [-0.25, -0.2) is 9.07 Å². The molecule has 4 rings (SSSR count). The van der Waals surface area contributed by atoms with E-state index in [-0.39, 0.29) is 29.9 Å². The Balaban J connectivity index is 1.55. The summed E-state index contributed by atoms with van der Waals surface area (Å²) in [4.78, 5) is 25.9. The van der Waals surface area contributed by atoms with Crippen LogP contribution >= 0.6 is 11.8 Å². The lowest BCUT2D eigenvalue weighted by Crippen LogP contribution is -2.36. The van der Waals surface area contributed by atoms with Crippen molar-refractivity contribution in [2.75, 3.05) is 5.75 Å². The van der Waals surface area contributed by atoms with Gasteiger partial charge in [-0.05, 0) is 36.2 Å². The van der Waals surface area contributed by atoms with Crippen LogP contribution in [-0.4, -0.2) is 21.4 Å². The molecule has 0 spiro atoms. The molecule has 0 radical (unpaired) electrons. The quantitative estimate of drug-likeness (QED) is 0.771. The summed E-state index contributed by atoms with van der Waals surface area (Å²) < 4.78 is 14.7. The predicted molar refractivity (Wildman–Crippen MR) is 98.6 cm³/mol. The number of nitrogens with one attached hydrogen (secondary N) is 1. The molecule has 0 aliphatic carbocycles. The van der Waals surface area contributed by atoms with Crippen LogP contribution in [0.3, 0.4) is 0 Å². The van der Waals surface area contributed by atoms with Gasteiger partial charge < -0.3 is 5.32 Å². The van der Waals surface area contributed by atoms with Gasteiger partial charge in [-0.15, -0.1) is 11.8 Å². The van der Waals surface area contributed by atoms with Gasteiger partial charge in [0.15, 0.2) is 0 Å². The molecule has 0 bridgehead atoms. The summed E-state index contributed by atoms with van der Waals surface area (Å²) in [6, 6.07) is 11.5. The molecule has 0 saturated heterocycles. The van der Waals surface area contributed by atoms with Gasteiger partial charge in [0.2, 0.25) is 5.91 Å². The molecule has 0 fully saturated rings. The van der Waals surface area contributed by atoms with Crippen LogP contribution in [0.25, 0.3) is 10.8 Å². The molecule has 2 heterocycles. The maximum absolute atomic E-state index is 13.6. The van der Waals surface area contributed by atoms with Crippen LogP contribution in [0, 0.1) is 5.82 Å². The van der Waals surface area contributed by atoms with Crippen LogP contribution < -0.4 is 10.9 Å². The largest absolute Gasteiger partial charge is 0.348 e. The molecule has 1 amide bonds. The Bertz CT molecular complexity index is 1050. The second-order valence-corrected chi connectivity index (χ2v) is 7.27. The summed E-state index contributed by atoms with van der Waals surface area (Å²) in [7, 11) is 0. The number of nitrogens with zero attached hydrogens (tertiary/aromatic N) is 2. The summed E-state index contributed by atoms with van der Waals surface area (Å²) in [6.45, 7) is -0.169. The van der Waals surface area contributed by atoms with Gasteiger partial charge in [-0.3, -0.25) is 9.59 Å². The Morgan fingerprint density at radius 3 is 3.04 bits per heavy atom. The molecule has 1 atom stereocenters. The fourth-order valence-electron chi connectivity index (χ4n) is 3.13. The lowest BCUT2D eigenvalue weighted by Gasteiger charge is -2.26. The van der Waals surface area contributed by atoms with Gasteiger partial charge >= 0.3 is 0 Å². The first-order valence-corrected chi connectivity index (χ1v) is 9.27. The lowest BCUT2D eigenvalue weighted by atomic mass is 10.0. The Kier molecular flexibility index (Phi) is 4.46. The number of hydrogen-bond donors (Lipinski definition) is 1. The van der Waals surface area contributed by atoms with Crippen LogP contribution in [0.15, 0.2) is 58.4 Å². The van der Waals surface area contributed by atoms with Crippen LogP contribution in [0.1, 0.15) is 18.0 Å². The number of benzene rings is 2. The molecular weight excluding hydrogens is 353 g/mol. The molecule has 1 aromatic heterocycles. The average Bonchev–Trinajstić information content (AvgIpc) is 2.65. The molecular formula is C19H16FN3O2S. The molecule has 7 heteroatoms. The first kappa shape index (κ1) is 16.8. The standard InChI is InChI=1S/C19H16FN3O2S/c20-13-5-6-17-15(9-13)16(7-8-26-17)22-18(24)11-23-19(25)14-4-2-1-3-12(14)10-21-23/h1-6,9-10,16H,7-8,11H2,(H,22,24). The Morgan fingerprint density at radius 2 is 2.15 bits per heavy atom. The molecule has 5 nitrogen and oxygen atoms in total. The maximum Gasteiger partial charge on any atom is 0.275 e. The third kappa shape index (κ3) is 3.22. The highest BCUT2D eigenvalue weighted by Gasteiger charge is 2.23. The third-order valence-corrected chi connectivity index (χ3v) is 5.52. The van der Waals surface area contributed by atoms with E-state index < -0.39 is 0 Å². The summed E-state index contributed by atoms with van der Waals surface area (Å²) in [5.41, 5.74) is 0.484. The molecule has 1 N–H and O–H groups in total. The highest BCUT2D eigenvalue weighted by atomic mass is 32.2. The predicted octanol–water partition coefficient (Wildman–Crippen LogP) is 2.89. The topological polar surface area (TPSA) is 64.0 Å². The first-order valence-electron chi connectivity index (χ1n) is 8.28. The zero-order valence-corrected chi connectivity index (χ0v) is 14.6. The van der Waals surface area contributed by atoms with Crippen LogP contribution in [-0.2, 0) is 11.3 Å². The minimum atomic E-state index is -0.321. The number of aromatic nitrogens is 2. The van der Waals surface area contributed by atoms with Crippen molar-refractivity contribution in [2.24, 2.45) is 0 Å². The molecule has 1 aliphatic rings. The lowest BCUT2D eigenvalue weighted by molar-refractivity contribution is -0.122. The van der Waals surface area contributed by atoms with Gasteiger partial charge in [0, 0.05) is 16.0 Å². The summed E-state index contributed by atoms with van der Waals surface area (Å²) in [5.74, 6) is 0.206. The van der Waals surface area contributed by atoms with Crippen molar-refractivity contribution in [1.82, 2.24) is 15.1 Å². The van der Waals surface area contributed by atoms with Crippen LogP contribution in [0.2, 0.25) is 0 Å². The molecule has 132 valence electrons. The summed E-state index contributed by atoms with van der Waals surface area (Å²) >= 11 is 1.65. The van der Waals surface area contributed by atoms with Crippen LogP contribution in [0.5, 0.6) is 0 Å². The van der Waals surface area contributed by atoms with E-state index in [9.17, 15) is 14.0 Å². The van der Waals surface area contributed by atoms with Gasteiger partial charge in [0.25, 0.3) is 5.56 Å². The van der Waals surface area contributed by atoms with Crippen molar-refractivity contribution in [1.29, 1.82) is 0 Å². The second kappa shape index (κ2) is 6.92. The van der Waals surface area contributed by atoms with Gasteiger partial charge in [0.1, 0.15) is 12.4 Å². The normalized spacial score (nSPS) is 16.3. The maximum atomic E-state index is 13.6. The number of carbonyl (C=O) groups is 1. The molecule has 0 saturated carbocycles. The molecule has 2 aromatic carbocycles. The van der Waals surface area contributed by atoms with Gasteiger partial charge in [-0.1, -0.05) is 18.2 Å². The molecule has 3 aromatic rings. The number of carbonyl (C=O) groups excluding carboxylic acids is 1. The van der Waals surface area contributed by atoms with Crippen molar-refractivity contribution in [3.63, 3.8) is 0 Å². The second-order valence-electron chi connectivity index (χ2n) is 6.13. The SMILES string of the molecule is O=C(Cn1ncc2ccccc2c1=O)NC1CCSc2ccc(F)cc21. The van der Waals surface area contributed by atoms with Crippen molar-refractivity contribution in [2.45, 2.75) is 23.9 Å². The molecule has 1 aliphatic heterocycles. The molecule has 1 unspecified atom stereocenters. The summed E-state index contributed by atoms with van der Waals surface area (Å²) in [5, 5.41) is 8.25. The highest BCUT2D eigenvalue weighted by Crippen LogP contribution is 2.36. The number of fused-ring (bicyclic) bond motifs is 2. The van der Waals surface area contributed by atoms with Gasteiger partial charge in [0.05, 0.1) is 17.6 Å². The summed E-state index contributed by atoms with van der Waals surface area (Å²) in [6.07, 6.45) is 2.29. The van der Waals surface area contributed by atoms with E-state index >= 15 is 0 Å². The minimum absolute atomic E-state index is 0.169. The fourth-order valence-corrected chi connectivity index (χ4v) is 4.24. The third-order valence-electron chi connectivity index (χ3n) is 4.40. The monoisotopic (exact) mass is 369 g/mol. The fraction of sp³-hybridized carbons (Fsp3) is 0.211. The molecule has 26 heavy (non-hydrogen) atoms. The first-order chi connectivity index (χ1) is 12.6. The van der Waals surface area contributed by atoms with E-state index in [2.05, 4.69) is 10.4 Å². The van der Waals surface area contributed by atoms with E-state index in [4.69, 9.17) is 0 Å². The highest BCUT2D eigenvalue weighted by molar-refractivity contribution is 7.99. The number of thioether (sulfide) groups is 1. The van der Waals surface area contributed by atoms with E-state index in [1.54, 1.807) is 42.2 Å². The van der Waals surface area contributed by atoms with Crippen molar-refractivity contribution in [3.8, 4) is 0 Å². The smallest absolute Gasteiger partial charge is 0.275 e. The zero-order valence-electron chi connectivity index (χ0n) is 13.8. The van der Waals surface area contributed by atoms with Crippen LogP contribution in [0.4, 0.5) is 4.39 Å². The number of hydrogen-bond acceptors (Lipinski definition) is 4. The van der Waals surface area contributed by atoms with E-state index in [1.807, 2.05) is 6.07 Å². The van der Waals surface area contributed by atoms with Crippen molar-refractivity contribution >= 4 is 28.4 Å².